The first kappa shape index (κ1) is 27.6. The minimum atomic E-state index is -0.836. The molecule has 0 aliphatic heterocycles. The van der Waals surface area contributed by atoms with Crippen LogP contribution in [0.4, 0.5) is 19.3 Å². The zero-order valence-electron chi connectivity index (χ0n) is 22.4. The van der Waals surface area contributed by atoms with Gasteiger partial charge in [0, 0.05) is 12.6 Å². The molecular formula is C35H30F2N2O2. The lowest BCUT2D eigenvalue weighted by Crippen LogP contribution is -2.39. The van der Waals surface area contributed by atoms with Gasteiger partial charge >= 0.3 is 6.03 Å². The number of benzene rings is 5. The number of anilines is 1. The molecule has 0 saturated carbocycles. The van der Waals surface area contributed by atoms with Crippen molar-refractivity contribution in [1.82, 2.24) is 4.90 Å². The molecule has 0 spiro atoms. The highest BCUT2D eigenvalue weighted by molar-refractivity contribution is 5.89. The Morgan fingerprint density at radius 3 is 1.90 bits per heavy atom. The predicted molar refractivity (Wildman–Crippen MR) is 157 cm³/mol. The van der Waals surface area contributed by atoms with E-state index >= 15 is 0 Å². The topological polar surface area (TPSA) is 41.6 Å². The summed E-state index contributed by atoms with van der Waals surface area (Å²) >= 11 is 0. The lowest BCUT2D eigenvalue weighted by Gasteiger charge is -2.33. The van der Waals surface area contributed by atoms with E-state index in [9.17, 15) is 13.6 Å². The van der Waals surface area contributed by atoms with E-state index in [4.69, 9.17) is 4.74 Å². The number of carbonyl (C=O) groups excluding carboxylic acids is 1. The van der Waals surface area contributed by atoms with Crippen LogP contribution in [-0.4, -0.2) is 10.9 Å². The molecule has 0 saturated heterocycles. The molecule has 41 heavy (non-hydrogen) atoms. The van der Waals surface area contributed by atoms with Crippen molar-refractivity contribution in [2.75, 3.05) is 5.32 Å². The largest absolute Gasteiger partial charge is 0.489 e. The molecule has 0 fully saturated rings. The van der Waals surface area contributed by atoms with Gasteiger partial charge in [0.05, 0.1) is 11.7 Å². The van der Waals surface area contributed by atoms with Crippen molar-refractivity contribution in [1.29, 1.82) is 0 Å². The van der Waals surface area contributed by atoms with E-state index < -0.39 is 23.7 Å². The van der Waals surface area contributed by atoms with E-state index in [1.165, 1.54) is 6.07 Å². The van der Waals surface area contributed by atoms with Gasteiger partial charge in [0.1, 0.15) is 24.0 Å². The number of ether oxygens (including phenoxy) is 1. The number of hydrogen-bond donors (Lipinski definition) is 1. The van der Waals surface area contributed by atoms with Crippen LogP contribution in [0.25, 0.3) is 0 Å². The van der Waals surface area contributed by atoms with E-state index in [1.807, 2.05) is 115 Å². The molecule has 206 valence electrons. The Labute approximate surface area is 238 Å². The third-order valence-corrected chi connectivity index (χ3v) is 6.79. The van der Waals surface area contributed by atoms with Crippen molar-refractivity contribution in [2.45, 2.75) is 25.6 Å². The second-order valence-corrected chi connectivity index (χ2v) is 9.72. The number of carbonyl (C=O) groups is 1. The third-order valence-electron chi connectivity index (χ3n) is 6.79. The van der Waals surface area contributed by atoms with Gasteiger partial charge in [-0.25, -0.2) is 13.6 Å². The fourth-order valence-electron chi connectivity index (χ4n) is 4.65. The lowest BCUT2D eigenvalue weighted by molar-refractivity contribution is 0.183. The zero-order valence-corrected chi connectivity index (χ0v) is 22.4. The first-order valence-corrected chi connectivity index (χ1v) is 13.4. The molecule has 2 amide bonds. The van der Waals surface area contributed by atoms with Crippen LogP contribution < -0.4 is 10.1 Å². The maximum atomic E-state index is 14.5. The molecule has 5 aromatic rings. The second kappa shape index (κ2) is 13.4. The molecule has 1 N–H and O–H groups in total. The summed E-state index contributed by atoms with van der Waals surface area (Å²) in [6.07, 6.45) is 0.525. The minimum Gasteiger partial charge on any atom is -0.489 e. The SMILES string of the molecule is O=C(Nc1ccc(F)cc1F)N(Cc1ccccc1)C(Cc1ccccc1)c1ccc(OCc2ccccc2)cc1. The quantitative estimate of drug-likeness (QED) is 0.190. The molecule has 6 heteroatoms. The van der Waals surface area contributed by atoms with Gasteiger partial charge < -0.3 is 15.0 Å². The average molecular weight is 549 g/mol. The molecule has 0 aliphatic carbocycles. The van der Waals surface area contributed by atoms with E-state index in [2.05, 4.69) is 5.32 Å². The average Bonchev–Trinajstić information content (AvgIpc) is 3.01. The molecule has 5 aromatic carbocycles. The minimum absolute atomic E-state index is 0.0856. The van der Waals surface area contributed by atoms with Crippen LogP contribution in [0.1, 0.15) is 28.3 Å². The number of halogens is 2. The Morgan fingerprint density at radius 1 is 0.707 bits per heavy atom. The Kier molecular flexibility index (Phi) is 9.01. The summed E-state index contributed by atoms with van der Waals surface area (Å²) in [5.41, 5.74) is 3.84. The van der Waals surface area contributed by atoms with Gasteiger partial charge in [-0.05, 0) is 52.9 Å². The summed E-state index contributed by atoms with van der Waals surface area (Å²) in [5.74, 6) is -0.834. The van der Waals surface area contributed by atoms with Crippen LogP contribution in [0.3, 0.4) is 0 Å². The lowest BCUT2D eigenvalue weighted by atomic mass is 9.96. The van der Waals surface area contributed by atoms with Crippen LogP contribution in [0.15, 0.2) is 133 Å². The molecule has 5 rings (SSSR count). The van der Waals surface area contributed by atoms with Crippen molar-refractivity contribution in [3.8, 4) is 5.75 Å². The molecule has 4 nitrogen and oxygen atoms in total. The maximum absolute atomic E-state index is 14.5. The standard InChI is InChI=1S/C35H30F2N2O2/c36-30-18-21-33(32(37)23-30)38-35(40)39(24-27-12-6-2-7-13-27)34(22-26-10-4-1-5-11-26)29-16-19-31(20-17-29)41-25-28-14-8-3-9-15-28/h1-21,23,34H,22,24-25H2,(H,38,40). The van der Waals surface area contributed by atoms with Gasteiger partial charge in [0.25, 0.3) is 0 Å². The first-order chi connectivity index (χ1) is 20.0. The Balaban J connectivity index is 1.46. The maximum Gasteiger partial charge on any atom is 0.322 e. The summed E-state index contributed by atoms with van der Waals surface area (Å²) in [7, 11) is 0. The smallest absolute Gasteiger partial charge is 0.322 e. The predicted octanol–water partition coefficient (Wildman–Crippen LogP) is 8.56. The van der Waals surface area contributed by atoms with Crippen LogP contribution in [0.2, 0.25) is 0 Å². The van der Waals surface area contributed by atoms with Gasteiger partial charge in [-0.2, -0.15) is 0 Å². The van der Waals surface area contributed by atoms with Crippen molar-refractivity contribution in [3.63, 3.8) is 0 Å². The van der Waals surface area contributed by atoms with E-state index in [0.29, 0.717) is 18.8 Å². The van der Waals surface area contributed by atoms with Crippen LogP contribution in [0.5, 0.6) is 5.75 Å². The molecule has 1 unspecified atom stereocenters. The normalized spacial score (nSPS) is 11.5. The van der Waals surface area contributed by atoms with Crippen molar-refractivity contribution in [3.05, 3.63) is 167 Å². The number of hydrogen-bond acceptors (Lipinski definition) is 2. The molecule has 0 aromatic heterocycles. The van der Waals surface area contributed by atoms with Gasteiger partial charge in [-0.1, -0.05) is 103 Å². The number of nitrogens with one attached hydrogen (secondary N) is 1. The van der Waals surface area contributed by atoms with Gasteiger partial charge in [0.2, 0.25) is 0 Å². The van der Waals surface area contributed by atoms with E-state index in [1.54, 1.807) is 4.90 Å². The highest BCUT2D eigenvalue weighted by Crippen LogP contribution is 2.30. The van der Waals surface area contributed by atoms with Gasteiger partial charge in [-0.3, -0.25) is 0 Å². The number of amides is 2. The number of urea groups is 1. The van der Waals surface area contributed by atoms with Crippen LogP contribution in [-0.2, 0) is 19.6 Å². The monoisotopic (exact) mass is 548 g/mol. The molecular weight excluding hydrogens is 518 g/mol. The molecule has 0 bridgehead atoms. The fourth-order valence-corrected chi connectivity index (χ4v) is 4.65. The molecule has 0 radical (unpaired) electrons. The first-order valence-electron chi connectivity index (χ1n) is 13.4. The van der Waals surface area contributed by atoms with Crippen LogP contribution in [0, 0.1) is 11.6 Å². The number of rotatable bonds is 10. The summed E-state index contributed by atoms with van der Waals surface area (Å²) in [6.45, 7) is 0.721. The number of nitrogens with zero attached hydrogens (tertiary/aromatic N) is 1. The van der Waals surface area contributed by atoms with Crippen LogP contribution >= 0.6 is 0 Å². The van der Waals surface area contributed by atoms with Gasteiger partial charge in [0.15, 0.2) is 0 Å². The Hall–Kier alpha value is -4.97. The van der Waals surface area contributed by atoms with Gasteiger partial charge in [-0.15, -0.1) is 0 Å². The van der Waals surface area contributed by atoms with Crippen molar-refractivity contribution in [2.24, 2.45) is 0 Å². The van der Waals surface area contributed by atoms with Crippen molar-refractivity contribution < 1.29 is 18.3 Å². The zero-order chi connectivity index (χ0) is 28.4. The summed E-state index contributed by atoms with van der Waals surface area (Å²) in [6, 6.07) is 39.4. The molecule has 0 heterocycles. The Bertz CT molecular complexity index is 1550. The summed E-state index contributed by atoms with van der Waals surface area (Å²) in [4.78, 5) is 15.5. The van der Waals surface area contributed by atoms with Crippen molar-refractivity contribution >= 4 is 11.7 Å². The summed E-state index contributed by atoms with van der Waals surface area (Å²) in [5, 5.41) is 2.66. The molecule has 1 atom stereocenters. The van der Waals surface area contributed by atoms with E-state index in [0.717, 1.165) is 34.4 Å². The molecule has 0 aliphatic rings. The third kappa shape index (κ3) is 7.57. The second-order valence-electron chi connectivity index (χ2n) is 9.72. The van der Waals surface area contributed by atoms with E-state index in [-0.39, 0.29) is 12.2 Å². The Morgan fingerprint density at radius 2 is 1.29 bits per heavy atom. The highest BCUT2D eigenvalue weighted by Gasteiger charge is 2.27. The highest BCUT2D eigenvalue weighted by atomic mass is 19.1. The fraction of sp³-hybridized carbons (Fsp3) is 0.114. The summed E-state index contributed by atoms with van der Waals surface area (Å²) < 4.78 is 34.0.